The predicted molar refractivity (Wildman–Crippen MR) is 113 cm³/mol. The Bertz CT molecular complexity index is 1070. The molecule has 1 atom stereocenters. The average molecular weight is 388 g/mol. The molecule has 0 aliphatic carbocycles. The van der Waals surface area contributed by atoms with E-state index in [9.17, 15) is 4.79 Å². The van der Waals surface area contributed by atoms with Gasteiger partial charge in [-0.25, -0.2) is 9.78 Å². The highest BCUT2D eigenvalue weighted by Gasteiger charge is 2.28. The normalized spacial score (nSPS) is 19.2. The molecule has 2 aromatic carbocycles. The second kappa shape index (κ2) is 7.83. The van der Waals surface area contributed by atoms with Gasteiger partial charge in [0.2, 0.25) is 0 Å². The lowest BCUT2D eigenvalue weighted by molar-refractivity contribution is 0.0421. The number of fused-ring (bicyclic) bond motifs is 1. The van der Waals surface area contributed by atoms with Crippen LogP contribution in [0.3, 0.4) is 0 Å². The second-order valence-corrected chi connectivity index (χ2v) is 6.96. The van der Waals surface area contributed by atoms with Gasteiger partial charge >= 0.3 is 5.97 Å². The van der Waals surface area contributed by atoms with Crippen LogP contribution in [0.25, 0.3) is 17.7 Å². The Kier molecular flexibility index (Phi) is 5.09. The standard InChI is InChI=1S/C24H18ClNO2/c1-16-21(14-18-11-12-23(25)26-15-18)22(13-17-7-3-2-4-8-17)19-9-5-6-10-20(19)24(27)28-16/h2-16H,1H3/b21-14+,22-13-/t16-/m0/s1. The Hall–Kier alpha value is -3.17. The minimum Gasteiger partial charge on any atom is -0.454 e. The molecule has 0 bridgehead atoms. The molecule has 2 heterocycles. The fraction of sp³-hybridized carbons (Fsp3) is 0.0833. The van der Waals surface area contributed by atoms with Gasteiger partial charge in [0.15, 0.2) is 0 Å². The minimum absolute atomic E-state index is 0.320. The molecular formula is C24H18ClNO2. The topological polar surface area (TPSA) is 39.2 Å². The predicted octanol–water partition coefficient (Wildman–Crippen LogP) is 5.92. The molecule has 0 saturated heterocycles. The number of esters is 1. The van der Waals surface area contributed by atoms with Crippen molar-refractivity contribution in [3.8, 4) is 0 Å². The number of hydrogen-bond donors (Lipinski definition) is 0. The first kappa shape index (κ1) is 18.2. The van der Waals surface area contributed by atoms with E-state index < -0.39 is 6.10 Å². The number of nitrogens with zero attached hydrogens (tertiary/aromatic N) is 1. The Morgan fingerprint density at radius 1 is 0.893 bits per heavy atom. The molecule has 1 aliphatic heterocycles. The highest BCUT2D eigenvalue weighted by molar-refractivity contribution is 6.29. The van der Waals surface area contributed by atoms with E-state index in [0.717, 1.165) is 27.8 Å². The van der Waals surface area contributed by atoms with Gasteiger partial charge in [0.25, 0.3) is 0 Å². The maximum Gasteiger partial charge on any atom is 0.339 e. The monoisotopic (exact) mass is 387 g/mol. The highest BCUT2D eigenvalue weighted by Crippen LogP contribution is 2.36. The number of cyclic esters (lactones) is 1. The Morgan fingerprint density at radius 2 is 1.61 bits per heavy atom. The van der Waals surface area contributed by atoms with Gasteiger partial charge in [0, 0.05) is 11.8 Å². The fourth-order valence-electron chi connectivity index (χ4n) is 3.28. The van der Waals surface area contributed by atoms with Crippen molar-refractivity contribution in [3.63, 3.8) is 0 Å². The maximum atomic E-state index is 12.7. The quantitative estimate of drug-likeness (QED) is 0.405. The molecular weight excluding hydrogens is 370 g/mol. The molecule has 1 aliphatic rings. The lowest BCUT2D eigenvalue weighted by Gasteiger charge is -2.16. The van der Waals surface area contributed by atoms with Crippen molar-refractivity contribution in [2.24, 2.45) is 0 Å². The molecule has 28 heavy (non-hydrogen) atoms. The van der Waals surface area contributed by atoms with E-state index in [1.165, 1.54) is 0 Å². The molecule has 0 spiro atoms. The van der Waals surface area contributed by atoms with Gasteiger partial charge in [-0.2, -0.15) is 0 Å². The van der Waals surface area contributed by atoms with Crippen LogP contribution in [0, 0.1) is 0 Å². The van der Waals surface area contributed by atoms with E-state index in [4.69, 9.17) is 16.3 Å². The summed E-state index contributed by atoms with van der Waals surface area (Å²) in [5.74, 6) is -0.320. The number of aromatic nitrogens is 1. The lowest BCUT2D eigenvalue weighted by Crippen LogP contribution is -2.14. The van der Waals surface area contributed by atoms with E-state index >= 15 is 0 Å². The van der Waals surface area contributed by atoms with Crippen molar-refractivity contribution in [2.75, 3.05) is 0 Å². The maximum absolute atomic E-state index is 12.7. The second-order valence-electron chi connectivity index (χ2n) is 6.58. The van der Waals surface area contributed by atoms with Gasteiger partial charge < -0.3 is 4.74 Å². The third-order valence-electron chi connectivity index (χ3n) is 4.65. The molecule has 1 aromatic heterocycles. The first-order chi connectivity index (χ1) is 13.6. The van der Waals surface area contributed by atoms with Crippen LogP contribution in [0.5, 0.6) is 0 Å². The molecule has 4 heteroatoms. The van der Waals surface area contributed by atoms with E-state index in [-0.39, 0.29) is 5.97 Å². The SMILES string of the molecule is C[C@@H]1OC(=O)c2ccccc2C(=C/c2ccccc2)/C1=C/c1ccc(Cl)nc1. The summed E-state index contributed by atoms with van der Waals surface area (Å²) in [7, 11) is 0. The third-order valence-corrected chi connectivity index (χ3v) is 4.88. The van der Waals surface area contributed by atoms with Crippen molar-refractivity contribution in [1.82, 2.24) is 4.98 Å². The molecule has 0 amide bonds. The number of ether oxygens (including phenoxy) is 1. The van der Waals surface area contributed by atoms with Crippen LogP contribution in [0.2, 0.25) is 5.15 Å². The van der Waals surface area contributed by atoms with Crippen molar-refractivity contribution in [2.45, 2.75) is 13.0 Å². The van der Waals surface area contributed by atoms with Crippen LogP contribution < -0.4 is 0 Å². The van der Waals surface area contributed by atoms with Crippen LogP contribution in [0.1, 0.15) is 34.0 Å². The summed E-state index contributed by atoms with van der Waals surface area (Å²) in [5, 5.41) is 0.438. The smallest absolute Gasteiger partial charge is 0.339 e. The Balaban J connectivity index is 1.94. The van der Waals surface area contributed by atoms with E-state index in [2.05, 4.69) is 11.1 Å². The number of carbonyl (C=O) groups excluding carboxylic acids is 1. The summed E-state index contributed by atoms with van der Waals surface area (Å²) in [5.41, 5.74) is 5.22. The lowest BCUT2D eigenvalue weighted by atomic mass is 9.90. The zero-order valence-corrected chi connectivity index (χ0v) is 16.1. The van der Waals surface area contributed by atoms with Gasteiger partial charge in [0.1, 0.15) is 11.3 Å². The first-order valence-electron chi connectivity index (χ1n) is 9.02. The molecule has 0 fully saturated rings. The zero-order valence-electron chi connectivity index (χ0n) is 15.3. The number of pyridine rings is 1. The summed E-state index contributed by atoms with van der Waals surface area (Å²) < 4.78 is 5.72. The Labute approximate surface area is 169 Å². The van der Waals surface area contributed by atoms with Gasteiger partial charge in [0.05, 0.1) is 5.56 Å². The minimum atomic E-state index is -0.412. The van der Waals surface area contributed by atoms with Crippen molar-refractivity contribution in [3.05, 3.63) is 106 Å². The molecule has 3 aromatic rings. The van der Waals surface area contributed by atoms with Crippen molar-refractivity contribution >= 4 is 35.3 Å². The number of halogens is 1. The summed E-state index contributed by atoms with van der Waals surface area (Å²) in [4.78, 5) is 16.8. The first-order valence-corrected chi connectivity index (χ1v) is 9.40. The number of carbonyl (C=O) groups is 1. The molecule has 3 nitrogen and oxygen atoms in total. The van der Waals surface area contributed by atoms with Crippen LogP contribution in [0.4, 0.5) is 0 Å². The molecule has 0 N–H and O–H groups in total. The molecule has 0 unspecified atom stereocenters. The summed E-state index contributed by atoms with van der Waals surface area (Å²) in [6.07, 6.45) is 5.39. The molecule has 138 valence electrons. The van der Waals surface area contributed by atoms with Gasteiger partial charge in [-0.05, 0) is 53.5 Å². The van der Waals surface area contributed by atoms with Gasteiger partial charge in [-0.15, -0.1) is 0 Å². The van der Waals surface area contributed by atoms with Crippen molar-refractivity contribution < 1.29 is 9.53 Å². The summed E-state index contributed by atoms with van der Waals surface area (Å²) >= 11 is 5.92. The zero-order chi connectivity index (χ0) is 19.5. The fourth-order valence-corrected chi connectivity index (χ4v) is 3.39. The Morgan fingerprint density at radius 3 is 2.32 bits per heavy atom. The van der Waals surface area contributed by atoms with Crippen LogP contribution in [0.15, 0.2) is 78.5 Å². The third kappa shape index (κ3) is 3.75. The summed E-state index contributed by atoms with van der Waals surface area (Å²) in [6, 6.07) is 21.2. The van der Waals surface area contributed by atoms with Crippen LogP contribution in [-0.2, 0) is 4.74 Å². The van der Waals surface area contributed by atoms with E-state index in [0.29, 0.717) is 10.7 Å². The van der Waals surface area contributed by atoms with E-state index in [1.807, 2.05) is 67.6 Å². The largest absolute Gasteiger partial charge is 0.454 e. The molecule has 0 radical (unpaired) electrons. The number of rotatable bonds is 2. The van der Waals surface area contributed by atoms with Crippen LogP contribution >= 0.6 is 11.6 Å². The molecule has 0 saturated carbocycles. The molecule has 4 rings (SSSR count). The van der Waals surface area contributed by atoms with Crippen LogP contribution in [-0.4, -0.2) is 17.1 Å². The van der Waals surface area contributed by atoms with E-state index in [1.54, 1.807) is 18.3 Å². The summed E-state index contributed by atoms with van der Waals surface area (Å²) in [6.45, 7) is 1.89. The highest BCUT2D eigenvalue weighted by atomic mass is 35.5. The number of hydrogen-bond acceptors (Lipinski definition) is 3. The van der Waals surface area contributed by atoms with Crippen molar-refractivity contribution in [1.29, 1.82) is 0 Å². The van der Waals surface area contributed by atoms with Gasteiger partial charge in [-0.1, -0.05) is 66.2 Å². The number of benzene rings is 2. The van der Waals surface area contributed by atoms with Gasteiger partial charge in [-0.3, -0.25) is 0 Å². The average Bonchev–Trinajstić information content (AvgIpc) is 2.81.